The smallest absolute Gasteiger partial charge is 0.175 e. The Kier molecular flexibility index (Phi) is 7.54. The van der Waals surface area contributed by atoms with Gasteiger partial charge in [-0.15, -0.1) is 0 Å². The summed E-state index contributed by atoms with van der Waals surface area (Å²) >= 11 is 8.52. The highest BCUT2D eigenvalue weighted by molar-refractivity contribution is 14.1. The van der Waals surface area contributed by atoms with Crippen LogP contribution in [0.15, 0.2) is 78.9 Å². The second kappa shape index (κ2) is 10.7. The summed E-state index contributed by atoms with van der Waals surface area (Å²) in [7, 11) is 0. The van der Waals surface area contributed by atoms with E-state index in [4.69, 9.17) is 21.1 Å². The van der Waals surface area contributed by atoms with Crippen LogP contribution in [-0.4, -0.2) is 6.61 Å². The number of allylic oxidation sites excluding steroid dienone is 1. The van der Waals surface area contributed by atoms with Gasteiger partial charge in [0.05, 0.1) is 21.8 Å². The molecule has 0 aromatic heterocycles. The molecule has 4 rings (SSSR count). The van der Waals surface area contributed by atoms with Crippen LogP contribution in [0.25, 0.3) is 22.4 Å². The molecule has 0 atom stereocenters. The summed E-state index contributed by atoms with van der Waals surface area (Å²) in [6, 6.07) is 28.0. The van der Waals surface area contributed by atoms with Crippen LogP contribution in [0.5, 0.6) is 11.5 Å². The van der Waals surface area contributed by atoms with Crippen LogP contribution in [0.4, 0.5) is 0 Å². The van der Waals surface area contributed by atoms with Gasteiger partial charge in [-0.1, -0.05) is 72.3 Å². The molecule has 0 heterocycles. The average Bonchev–Trinajstić information content (AvgIpc) is 2.83. The second-order valence-electron chi connectivity index (χ2n) is 7.34. The van der Waals surface area contributed by atoms with Gasteiger partial charge in [-0.2, -0.15) is 5.26 Å². The van der Waals surface area contributed by atoms with Crippen LogP contribution in [0.3, 0.4) is 0 Å². The van der Waals surface area contributed by atoms with Crippen molar-refractivity contribution in [1.29, 1.82) is 5.26 Å². The minimum absolute atomic E-state index is 0.338. The van der Waals surface area contributed by atoms with E-state index in [1.807, 2.05) is 79.7 Å². The van der Waals surface area contributed by atoms with Crippen LogP contribution < -0.4 is 9.47 Å². The highest BCUT2D eigenvalue weighted by atomic mass is 127. The molecule has 0 saturated carbocycles. The first kappa shape index (κ1) is 23.2. The highest BCUT2D eigenvalue weighted by Crippen LogP contribution is 2.37. The number of nitriles is 1. The number of ether oxygens (including phenoxy) is 2. The maximum atomic E-state index is 9.94. The summed E-state index contributed by atoms with van der Waals surface area (Å²) in [5.41, 5.74) is 3.28. The van der Waals surface area contributed by atoms with Crippen molar-refractivity contribution in [1.82, 2.24) is 0 Å². The van der Waals surface area contributed by atoms with Gasteiger partial charge in [-0.25, -0.2) is 0 Å². The normalized spacial score (nSPS) is 11.3. The zero-order valence-electron chi connectivity index (χ0n) is 18.0. The molecule has 4 aromatic carbocycles. The van der Waals surface area contributed by atoms with E-state index >= 15 is 0 Å². The molecule has 0 radical (unpaired) electrons. The standard InChI is InChI=1S/C28H21ClINO2/c1-2-32-27-16-19(15-26(30)28(27)33-18-21-9-4-6-13-25(21)29)14-22(17-31)24-12-7-10-20-8-3-5-11-23(20)24/h3-16H,2,18H2,1H3/b22-14-. The molecule has 0 aliphatic heterocycles. The Hall–Kier alpha value is -3.01. The molecule has 0 bridgehead atoms. The number of benzene rings is 4. The van der Waals surface area contributed by atoms with Crippen molar-refractivity contribution in [3.63, 3.8) is 0 Å². The second-order valence-corrected chi connectivity index (χ2v) is 8.91. The summed E-state index contributed by atoms with van der Waals surface area (Å²) in [5.74, 6) is 1.30. The molecule has 0 aliphatic rings. The van der Waals surface area contributed by atoms with E-state index in [0.717, 1.165) is 31.0 Å². The fourth-order valence-electron chi connectivity index (χ4n) is 3.64. The molecule has 5 heteroatoms. The predicted octanol–water partition coefficient (Wildman–Crippen LogP) is 8.14. The molecular formula is C28H21ClINO2. The molecule has 0 N–H and O–H groups in total. The summed E-state index contributed by atoms with van der Waals surface area (Å²) in [6.45, 7) is 2.77. The maximum absolute atomic E-state index is 9.94. The molecule has 33 heavy (non-hydrogen) atoms. The monoisotopic (exact) mass is 565 g/mol. The average molecular weight is 566 g/mol. The third-order valence-corrected chi connectivity index (χ3v) is 6.34. The third-order valence-electron chi connectivity index (χ3n) is 5.17. The molecular weight excluding hydrogens is 545 g/mol. The largest absolute Gasteiger partial charge is 0.490 e. The SMILES string of the molecule is CCOc1cc(/C=C(/C#N)c2cccc3ccccc23)cc(I)c1OCc1ccccc1Cl. The fraction of sp³-hybridized carbons (Fsp3) is 0.107. The van der Waals surface area contributed by atoms with Crippen molar-refractivity contribution in [2.24, 2.45) is 0 Å². The lowest BCUT2D eigenvalue weighted by atomic mass is 9.97. The molecule has 0 saturated heterocycles. The summed E-state index contributed by atoms with van der Waals surface area (Å²) in [4.78, 5) is 0. The van der Waals surface area contributed by atoms with Gasteiger partial charge in [0.1, 0.15) is 6.61 Å². The minimum atomic E-state index is 0.338. The Labute approximate surface area is 212 Å². The molecule has 0 spiro atoms. The third kappa shape index (κ3) is 5.32. The maximum Gasteiger partial charge on any atom is 0.175 e. The topological polar surface area (TPSA) is 42.2 Å². The zero-order valence-corrected chi connectivity index (χ0v) is 20.9. The van der Waals surface area contributed by atoms with Crippen molar-refractivity contribution in [2.75, 3.05) is 6.61 Å². The number of nitrogens with zero attached hydrogens (tertiary/aromatic N) is 1. The molecule has 3 nitrogen and oxygen atoms in total. The van der Waals surface area contributed by atoms with Crippen LogP contribution in [-0.2, 0) is 6.61 Å². The first-order chi connectivity index (χ1) is 16.1. The van der Waals surface area contributed by atoms with Gasteiger partial charge in [-0.05, 0) is 70.1 Å². The van der Waals surface area contributed by atoms with Gasteiger partial charge < -0.3 is 9.47 Å². The van der Waals surface area contributed by atoms with Gasteiger partial charge in [0.25, 0.3) is 0 Å². The number of rotatable bonds is 7. The van der Waals surface area contributed by atoms with Gasteiger partial charge in [-0.3, -0.25) is 0 Å². The fourth-order valence-corrected chi connectivity index (χ4v) is 4.61. The van der Waals surface area contributed by atoms with Crippen LogP contribution in [0, 0.1) is 14.9 Å². The predicted molar refractivity (Wildman–Crippen MR) is 144 cm³/mol. The lowest BCUT2D eigenvalue weighted by Gasteiger charge is -2.15. The lowest BCUT2D eigenvalue weighted by molar-refractivity contribution is 0.267. The van der Waals surface area contributed by atoms with Gasteiger partial charge in [0, 0.05) is 16.1 Å². The number of hydrogen-bond donors (Lipinski definition) is 0. The van der Waals surface area contributed by atoms with Crippen LogP contribution >= 0.6 is 34.2 Å². The first-order valence-corrected chi connectivity index (χ1v) is 12.0. The van der Waals surface area contributed by atoms with Crippen molar-refractivity contribution in [3.8, 4) is 17.6 Å². The molecule has 0 amide bonds. The Bertz CT molecular complexity index is 1370. The number of fused-ring (bicyclic) bond motifs is 1. The van der Waals surface area contributed by atoms with E-state index in [-0.39, 0.29) is 0 Å². The van der Waals surface area contributed by atoms with Gasteiger partial charge in [0.2, 0.25) is 0 Å². The van der Waals surface area contributed by atoms with Gasteiger partial charge in [0.15, 0.2) is 11.5 Å². The number of halogens is 2. The van der Waals surface area contributed by atoms with Crippen molar-refractivity contribution in [3.05, 3.63) is 104 Å². The molecule has 4 aromatic rings. The first-order valence-electron chi connectivity index (χ1n) is 10.5. The lowest BCUT2D eigenvalue weighted by Crippen LogP contribution is -2.02. The van der Waals surface area contributed by atoms with E-state index in [1.165, 1.54) is 0 Å². The van der Waals surface area contributed by atoms with E-state index in [9.17, 15) is 5.26 Å². The van der Waals surface area contributed by atoms with Crippen molar-refractivity contribution >= 4 is 56.6 Å². The summed E-state index contributed by atoms with van der Waals surface area (Å²) in [6.07, 6.45) is 1.89. The summed E-state index contributed by atoms with van der Waals surface area (Å²) in [5, 5.41) is 12.8. The van der Waals surface area contributed by atoms with E-state index in [2.05, 4.69) is 40.8 Å². The molecule has 0 unspecified atom stereocenters. The van der Waals surface area contributed by atoms with E-state index < -0.39 is 0 Å². The number of hydrogen-bond acceptors (Lipinski definition) is 3. The molecule has 0 aliphatic carbocycles. The Morgan fingerprint density at radius 1 is 1.00 bits per heavy atom. The molecule has 164 valence electrons. The Balaban J connectivity index is 1.71. The Morgan fingerprint density at radius 3 is 2.55 bits per heavy atom. The zero-order chi connectivity index (χ0) is 23.2. The van der Waals surface area contributed by atoms with Crippen LogP contribution in [0.2, 0.25) is 5.02 Å². The minimum Gasteiger partial charge on any atom is -0.490 e. The van der Waals surface area contributed by atoms with Crippen molar-refractivity contribution < 1.29 is 9.47 Å². The molecule has 0 fully saturated rings. The quantitative estimate of drug-likeness (QED) is 0.129. The van der Waals surface area contributed by atoms with Crippen LogP contribution in [0.1, 0.15) is 23.6 Å². The summed E-state index contributed by atoms with van der Waals surface area (Å²) < 4.78 is 12.9. The van der Waals surface area contributed by atoms with Gasteiger partial charge >= 0.3 is 0 Å². The van der Waals surface area contributed by atoms with E-state index in [0.29, 0.717) is 35.3 Å². The van der Waals surface area contributed by atoms with E-state index in [1.54, 1.807) is 0 Å². The Morgan fingerprint density at radius 2 is 1.76 bits per heavy atom. The van der Waals surface area contributed by atoms with Crippen molar-refractivity contribution in [2.45, 2.75) is 13.5 Å². The highest BCUT2D eigenvalue weighted by Gasteiger charge is 2.14.